The third-order valence-electron chi connectivity index (χ3n) is 4.86. The third-order valence-corrected chi connectivity index (χ3v) is 4.86. The molecular weight excluding hydrogens is 408 g/mol. The number of Topliss-reactive ketones (excluding diaryl/α,β-unsaturated/α-hetero) is 1. The first-order chi connectivity index (χ1) is 15.4. The molecule has 4 aromatic rings. The molecule has 7 heteroatoms. The fourth-order valence-electron chi connectivity index (χ4n) is 3.44. The number of esters is 2. The highest BCUT2D eigenvalue weighted by Crippen LogP contribution is 2.20. The molecule has 0 aliphatic rings. The van der Waals surface area contributed by atoms with Crippen molar-refractivity contribution in [3.63, 3.8) is 0 Å². The van der Waals surface area contributed by atoms with Crippen LogP contribution in [0, 0.1) is 13.8 Å². The molecule has 0 saturated carbocycles. The van der Waals surface area contributed by atoms with Gasteiger partial charge in [0, 0.05) is 22.2 Å². The van der Waals surface area contributed by atoms with Crippen molar-refractivity contribution in [2.75, 3.05) is 13.2 Å². The Morgan fingerprint density at radius 1 is 0.688 bits per heavy atom. The number of nitrogens with zero attached hydrogens (tertiary/aromatic N) is 2. The fraction of sp³-hybridized carbons (Fsp3) is 0.160. The molecule has 0 radical (unpaired) electrons. The average Bonchev–Trinajstić information content (AvgIpc) is 2.79. The zero-order chi connectivity index (χ0) is 22.7. The third kappa shape index (κ3) is 4.46. The maximum absolute atomic E-state index is 12.5. The van der Waals surface area contributed by atoms with Crippen molar-refractivity contribution in [2.45, 2.75) is 13.8 Å². The Bertz CT molecular complexity index is 1260. The minimum absolute atomic E-state index is 0.330. The second-order valence-electron chi connectivity index (χ2n) is 7.35. The number of hydrogen-bond acceptors (Lipinski definition) is 7. The van der Waals surface area contributed by atoms with Gasteiger partial charge in [-0.2, -0.15) is 0 Å². The summed E-state index contributed by atoms with van der Waals surface area (Å²) in [5.41, 5.74) is 3.32. The first-order valence-corrected chi connectivity index (χ1v) is 10.0. The molecule has 0 aliphatic heterocycles. The summed E-state index contributed by atoms with van der Waals surface area (Å²) >= 11 is 0. The Morgan fingerprint density at radius 3 is 1.53 bits per heavy atom. The van der Waals surface area contributed by atoms with Gasteiger partial charge in [-0.15, -0.1) is 0 Å². The molecule has 7 nitrogen and oxygen atoms in total. The number of para-hydroxylation sites is 2. The first-order valence-electron chi connectivity index (χ1n) is 10.0. The lowest BCUT2D eigenvalue weighted by molar-refractivity contribution is -0.125. The molecule has 0 fully saturated rings. The number of aryl methyl sites for hydroxylation is 2. The van der Waals surface area contributed by atoms with Gasteiger partial charge < -0.3 is 9.47 Å². The van der Waals surface area contributed by atoms with Gasteiger partial charge in [-0.05, 0) is 38.1 Å². The summed E-state index contributed by atoms with van der Waals surface area (Å²) in [5, 5.41) is 1.28. The Balaban J connectivity index is 1.39. The van der Waals surface area contributed by atoms with Crippen LogP contribution in [-0.4, -0.2) is 40.9 Å². The van der Waals surface area contributed by atoms with Crippen molar-refractivity contribution in [1.29, 1.82) is 0 Å². The lowest BCUT2D eigenvalue weighted by Gasteiger charge is -2.09. The predicted octanol–water partition coefficient (Wildman–Crippen LogP) is 3.98. The Morgan fingerprint density at radius 2 is 1.09 bits per heavy atom. The van der Waals surface area contributed by atoms with E-state index in [1.165, 1.54) is 0 Å². The quantitative estimate of drug-likeness (QED) is 0.429. The summed E-state index contributed by atoms with van der Waals surface area (Å²) in [6.45, 7) is 2.55. The largest absolute Gasteiger partial charge is 0.454 e. The minimum atomic E-state index is -0.637. The Kier molecular flexibility index (Phi) is 5.89. The van der Waals surface area contributed by atoms with E-state index in [-0.39, 0.29) is 0 Å². The molecule has 2 aromatic heterocycles. The van der Waals surface area contributed by atoms with Crippen molar-refractivity contribution in [1.82, 2.24) is 9.97 Å². The average molecular weight is 428 g/mol. The van der Waals surface area contributed by atoms with E-state index in [0.717, 1.165) is 0 Å². The van der Waals surface area contributed by atoms with Gasteiger partial charge in [-0.3, -0.25) is 14.8 Å². The van der Waals surface area contributed by atoms with Crippen molar-refractivity contribution in [3.05, 3.63) is 83.2 Å². The monoisotopic (exact) mass is 428 g/mol. The summed E-state index contributed by atoms with van der Waals surface area (Å²) in [6.07, 6.45) is 0. The van der Waals surface area contributed by atoms with Gasteiger partial charge in [0.15, 0.2) is 13.2 Å². The smallest absolute Gasteiger partial charge is 0.339 e. The van der Waals surface area contributed by atoms with Crippen LogP contribution in [0.3, 0.4) is 0 Å². The number of carbonyl (C=O) groups excluding carboxylic acids is 3. The van der Waals surface area contributed by atoms with Crippen LogP contribution >= 0.6 is 0 Å². The molecule has 2 heterocycles. The molecule has 0 saturated heterocycles. The van der Waals surface area contributed by atoms with Crippen LogP contribution in [-0.2, 0) is 14.3 Å². The highest BCUT2D eigenvalue weighted by molar-refractivity contribution is 6.05. The van der Waals surface area contributed by atoms with Gasteiger partial charge >= 0.3 is 11.9 Å². The van der Waals surface area contributed by atoms with E-state index in [0.29, 0.717) is 44.3 Å². The number of carbonyl (C=O) groups is 3. The summed E-state index contributed by atoms with van der Waals surface area (Å²) in [6, 6.07) is 17.6. The van der Waals surface area contributed by atoms with Crippen molar-refractivity contribution in [3.8, 4) is 0 Å². The maximum Gasteiger partial charge on any atom is 0.339 e. The molecule has 0 amide bonds. The highest BCUT2D eigenvalue weighted by atomic mass is 16.6. The lowest BCUT2D eigenvalue weighted by Crippen LogP contribution is -2.21. The zero-order valence-electron chi connectivity index (χ0n) is 17.6. The normalized spacial score (nSPS) is 10.8. The standard InChI is InChI=1S/C25H20N2O5/c1-15-11-20(18-7-3-5-9-22(18)26-15)24(29)31-13-17(28)14-32-25(30)21-12-16(2)27-23-10-6-4-8-19(21)23/h3-12H,13-14H2,1-2H3. The topological polar surface area (TPSA) is 95.5 Å². The van der Waals surface area contributed by atoms with Gasteiger partial charge in [-0.25, -0.2) is 9.59 Å². The van der Waals surface area contributed by atoms with E-state index in [9.17, 15) is 14.4 Å². The van der Waals surface area contributed by atoms with Crippen LogP contribution in [0.4, 0.5) is 0 Å². The molecule has 2 aromatic carbocycles. The van der Waals surface area contributed by atoms with Crippen molar-refractivity contribution < 1.29 is 23.9 Å². The second-order valence-corrected chi connectivity index (χ2v) is 7.35. The SMILES string of the molecule is Cc1cc(C(=O)OCC(=O)COC(=O)c2cc(C)nc3ccccc23)c2ccccc2n1. The molecule has 0 atom stereocenters. The van der Waals surface area contributed by atoms with Gasteiger partial charge in [0.25, 0.3) is 0 Å². The second kappa shape index (κ2) is 8.93. The van der Waals surface area contributed by atoms with Crippen molar-refractivity contribution >= 4 is 39.5 Å². The Labute approximate surface area is 184 Å². The van der Waals surface area contributed by atoms with E-state index >= 15 is 0 Å². The molecule has 0 aliphatic carbocycles. The fourth-order valence-corrected chi connectivity index (χ4v) is 3.44. The highest BCUT2D eigenvalue weighted by Gasteiger charge is 2.18. The van der Waals surface area contributed by atoms with Crippen LogP contribution in [0.1, 0.15) is 32.1 Å². The maximum atomic E-state index is 12.5. The summed E-state index contributed by atoms with van der Waals surface area (Å²) in [4.78, 5) is 46.0. The van der Waals surface area contributed by atoms with Crippen LogP contribution in [0.15, 0.2) is 60.7 Å². The summed E-state index contributed by atoms with van der Waals surface area (Å²) < 4.78 is 10.3. The molecule has 4 rings (SSSR count). The molecule has 0 N–H and O–H groups in total. The van der Waals surface area contributed by atoms with Gasteiger partial charge in [0.1, 0.15) is 0 Å². The summed E-state index contributed by atoms with van der Waals surface area (Å²) in [7, 11) is 0. The predicted molar refractivity (Wildman–Crippen MR) is 119 cm³/mol. The molecule has 0 spiro atoms. The number of pyridine rings is 2. The minimum Gasteiger partial charge on any atom is -0.454 e. The summed E-state index contributed by atoms with van der Waals surface area (Å²) in [5.74, 6) is -1.80. The van der Waals surface area contributed by atoms with Crippen LogP contribution in [0.2, 0.25) is 0 Å². The number of ketones is 1. The molecular formula is C25H20N2O5. The Hall–Kier alpha value is -4.13. The van der Waals surface area contributed by atoms with Crippen LogP contribution in [0.5, 0.6) is 0 Å². The number of fused-ring (bicyclic) bond motifs is 2. The van der Waals surface area contributed by atoms with Gasteiger partial charge in [-0.1, -0.05) is 36.4 Å². The van der Waals surface area contributed by atoms with E-state index in [1.807, 2.05) is 12.1 Å². The first kappa shape index (κ1) is 21.1. The van der Waals surface area contributed by atoms with E-state index in [4.69, 9.17) is 9.47 Å². The van der Waals surface area contributed by atoms with Crippen LogP contribution < -0.4 is 0 Å². The zero-order valence-corrected chi connectivity index (χ0v) is 17.6. The molecule has 0 unspecified atom stereocenters. The van der Waals surface area contributed by atoms with Crippen molar-refractivity contribution in [2.24, 2.45) is 0 Å². The molecule has 32 heavy (non-hydrogen) atoms. The number of benzene rings is 2. The van der Waals surface area contributed by atoms with E-state index in [2.05, 4.69) is 9.97 Å². The van der Waals surface area contributed by atoms with E-state index in [1.54, 1.807) is 62.4 Å². The van der Waals surface area contributed by atoms with Gasteiger partial charge in [0.2, 0.25) is 5.78 Å². The van der Waals surface area contributed by atoms with E-state index < -0.39 is 30.9 Å². The van der Waals surface area contributed by atoms with Crippen LogP contribution in [0.25, 0.3) is 21.8 Å². The van der Waals surface area contributed by atoms with Gasteiger partial charge in [0.05, 0.1) is 22.2 Å². The number of rotatable bonds is 6. The number of aromatic nitrogens is 2. The molecule has 160 valence electrons. The number of ether oxygens (including phenoxy) is 2. The molecule has 0 bridgehead atoms. The lowest BCUT2D eigenvalue weighted by atomic mass is 10.1. The number of hydrogen-bond donors (Lipinski definition) is 0.